The van der Waals surface area contributed by atoms with Crippen molar-refractivity contribution in [3.05, 3.63) is 11.9 Å². The van der Waals surface area contributed by atoms with Crippen molar-refractivity contribution in [2.24, 2.45) is 0 Å². The monoisotopic (exact) mass is 266 g/mol. The van der Waals surface area contributed by atoms with Crippen molar-refractivity contribution in [2.45, 2.75) is 37.6 Å². The van der Waals surface area contributed by atoms with Crippen LogP contribution in [0.3, 0.4) is 0 Å². The minimum Gasteiger partial charge on any atom is -0.394 e. The number of aliphatic hydroxyl groups excluding tert-OH is 2. The van der Waals surface area contributed by atoms with Gasteiger partial charge in [-0.2, -0.15) is 0 Å². The molecular weight excluding hydrogens is 244 g/mol. The highest BCUT2D eigenvalue weighted by Crippen LogP contribution is 2.39. The van der Waals surface area contributed by atoms with Gasteiger partial charge in [0.2, 0.25) is 0 Å². The lowest BCUT2D eigenvalue weighted by Crippen LogP contribution is -2.45. The number of rotatable bonds is 7. The van der Waals surface area contributed by atoms with Crippen LogP contribution >= 0.6 is 0 Å². The van der Waals surface area contributed by atoms with E-state index in [2.05, 4.69) is 20.6 Å². The Kier molecular flexibility index (Phi) is 4.21. The van der Waals surface area contributed by atoms with Crippen molar-refractivity contribution in [3.63, 3.8) is 0 Å². The largest absolute Gasteiger partial charge is 0.394 e. The lowest BCUT2D eigenvalue weighted by atomic mass is 9.98. The van der Waals surface area contributed by atoms with Crippen LogP contribution in [0.15, 0.2) is 6.07 Å². The summed E-state index contributed by atoms with van der Waals surface area (Å²) >= 11 is 0. The molecule has 1 saturated carbocycles. The molecule has 1 fully saturated rings. The second kappa shape index (κ2) is 5.71. The molecule has 0 amide bonds. The predicted molar refractivity (Wildman–Crippen MR) is 74.4 cm³/mol. The Morgan fingerprint density at radius 3 is 2.37 bits per heavy atom. The molecular formula is C13H22N4O2. The highest BCUT2D eigenvalue weighted by Gasteiger charge is 2.30. The Morgan fingerprint density at radius 2 is 1.89 bits per heavy atom. The fraction of sp³-hybridized carbons (Fsp3) is 0.692. The molecule has 0 atom stereocenters. The fourth-order valence-electron chi connectivity index (χ4n) is 1.89. The molecule has 0 aliphatic heterocycles. The van der Waals surface area contributed by atoms with Crippen molar-refractivity contribution in [2.75, 3.05) is 30.9 Å². The molecule has 0 unspecified atom stereocenters. The van der Waals surface area contributed by atoms with Crippen molar-refractivity contribution in [1.82, 2.24) is 9.97 Å². The van der Waals surface area contributed by atoms with Gasteiger partial charge in [-0.3, -0.25) is 0 Å². The number of hydrogen-bond donors (Lipinski definition) is 4. The second-order valence-electron chi connectivity index (χ2n) is 5.10. The summed E-state index contributed by atoms with van der Waals surface area (Å²) in [4.78, 5) is 8.92. The zero-order valence-electron chi connectivity index (χ0n) is 11.5. The molecule has 19 heavy (non-hydrogen) atoms. The van der Waals surface area contributed by atoms with Crippen molar-refractivity contribution < 1.29 is 10.2 Å². The SMILES string of the molecule is CCC(CO)(CO)Nc1cc(NC)nc(C2CC2)n1. The minimum atomic E-state index is -0.736. The van der Waals surface area contributed by atoms with E-state index in [9.17, 15) is 10.2 Å². The zero-order valence-corrected chi connectivity index (χ0v) is 11.5. The average molecular weight is 266 g/mol. The maximum absolute atomic E-state index is 9.47. The first kappa shape index (κ1) is 14.0. The molecule has 2 rings (SSSR count). The first-order valence-electron chi connectivity index (χ1n) is 6.73. The Bertz CT molecular complexity index is 422. The zero-order chi connectivity index (χ0) is 13.9. The highest BCUT2D eigenvalue weighted by molar-refractivity contribution is 5.49. The first-order chi connectivity index (χ1) is 9.16. The molecule has 6 nitrogen and oxygen atoms in total. The van der Waals surface area contributed by atoms with E-state index < -0.39 is 5.54 Å². The molecule has 106 valence electrons. The minimum absolute atomic E-state index is 0.141. The maximum Gasteiger partial charge on any atom is 0.136 e. The van der Waals surface area contributed by atoms with E-state index in [4.69, 9.17) is 0 Å². The molecule has 0 saturated heterocycles. The van der Waals surface area contributed by atoms with Gasteiger partial charge in [0.05, 0.1) is 18.8 Å². The molecule has 0 spiro atoms. The van der Waals surface area contributed by atoms with Gasteiger partial charge in [0.25, 0.3) is 0 Å². The van der Waals surface area contributed by atoms with E-state index in [1.54, 1.807) is 6.07 Å². The van der Waals surface area contributed by atoms with Gasteiger partial charge in [0.15, 0.2) is 0 Å². The molecule has 0 aromatic carbocycles. The van der Waals surface area contributed by atoms with Gasteiger partial charge in [-0.05, 0) is 19.3 Å². The third-order valence-electron chi connectivity index (χ3n) is 3.62. The Balaban J connectivity index is 2.25. The normalized spacial score (nSPS) is 15.4. The van der Waals surface area contributed by atoms with Gasteiger partial charge < -0.3 is 20.8 Å². The number of anilines is 2. The quantitative estimate of drug-likeness (QED) is 0.587. The van der Waals surface area contributed by atoms with Gasteiger partial charge in [-0.25, -0.2) is 9.97 Å². The summed E-state index contributed by atoms with van der Waals surface area (Å²) < 4.78 is 0. The average Bonchev–Trinajstić information content (AvgIpc) is 3.29. The van der Waals surface area contributed by atoms with E-state index in [-0.39, 0.29) is 13.2 Å². The molecule has 0 bridgehead atoms. The van der Waals surface area contributed by atoms with E-state index in [1.165, 1.54) is 0 Å². The molecule has 6 heteroatoms. The van der Waals surface area contributed by atoms with Crippen LogP contribution in [-0.4, -0.2) is 46.0 Å². The standard InChI is InChI=1S/C13H22N4O2/c1-3-13(7-18,8-19)17-11-6-10(14-2)15-12(16-11)9-4-5-9/h6,9,18-19H,3-5,7-8H2,1-2H3,(H2,14,15,16,17). The third kappa shape index (κ3) is 3.13. The van der Waals surface area contributed by atoms with Crippen LogP contribution in [0.1, 0.15) is 37.9 Å². The van der Waals surface area contributed by atoms with Crippen molar-refractivity contribution in [1.29, 1.82) is 0 Å². The van der Waals surface area contributed by atoms with Crippen LogP contribution in [0.4, 0.5) is 11.6 Å². The van der Waals surface area contributed by atoms with Crippen LogP contribution < -0.4 is 10.6 Å². The molecule has 1 aliphatic carbocycles. The number of aromatic nitrogens is 2. The van der Waals surface area contributed by atoms with Gasteiger partial charge >= 0.3 is 0 Å². The summed E-state index contributed by atoms with van der Waals surface area (Å²) in [7, 11) is 1.81. The van der Waals surface area contributed by atoms with E-state index in [1.807, 2.05) is 14.0 Å². The van der Waals surface area contributed by atoms with Crippen LogP contribution in [0.5, 0.6) is 0 Å². The van der Waals surface area contributed by atoms with Crippen LogP contribution in [-0.2, 0) is 0 Å². The van der Waals surface area contributed by atoms with E-state index in [0.717, 1.165) is 24.5 Å². The lowest BCUT2D eigenvalue weighted by Gasteiger charge is -2.30. The van der Waals surface area contributed by atoms with E-state index >= 15 is 0 Å². The Labute approximate surface area is 113 Å². The second-order valence-corrected chi connectivity index (χ2v) is 5.10. The van der Waals surface area contributed by atoms with Crippen molar-refractivity contribution >= 4 is 11.6 Å². The topological polar surface area (TPSA) is 90.3 Å². The smallest absolute Gasteiger partial charge is 0.136 e. The summed E-state index contributed by atoms with van der Waals surface area (Å²) in [6.07, 6.45) is 2.87. The summed E-state index contributed by atoms with van der Waals surface area (Å²) in [5, 5.41) is 25.1. The molecule has 0 radical (unpaired) electrons. The molecule has 1 aromatic rings. The van der Waals surface area contributed by atoms with Crippen LogP contribution in [0, 0.1) is 0 Å². The molecule has 1 aliphatic rings. The highest BCUT2D eigenvalue weighted by atomic mass is 16.3. The Hall–Kier alpha value is -1.40. The van der Waals surface area contributed by atoms with Gasteiger partial charge in [-0.15, -0.1) is 0 Å². The van der Waals surface area contributed by atoms with Crippen molar-refractivity contribution in [3.8, 4) is 0 Å². The van der Waals surface area contributed by atoms with E-state index in [0.29, 0.717) is 18.2 Å². The lowest BCUT2D eigenvalue weighted by molar-refractivity contribution is 0.132. The van der Waals surface area contributed by atoms with Crippen LogP contribution in [0.25, 0.3) is 0 Å². The first-order valence-corrected chi connectivity index (χ1v) is 6.73. The summed E-state index contributed by atoms with van der Waals surface area (Å²) in [6, 6.07) is 1.79. The Morgan fingerprint density at radius 1 is 1.26 bits per heavy atom. The molecule has 1 heterocycles. The van der Waals surface area contributed by atoms with Gasteiger partial charge in [-0.1, -0.05) is 6.92 Å². The van der Waals surface area contributed by atoms with Gasteiger partial charge in [0, 0.05) is 19.0 Å². The molecule has 1 aromatic heterocycles. The fourth-order valence-corrected chi connectivity index (χ4v) is 1.89. The number of hydrogen-bond acceptors (Lipinski definition) is 6. The predicted octanol–water partition coefficient (Wildman–Crippen LogP) is 0.941. The number of nitrogens with zero attached hydrogens (tertiary/aromatic N) is 2. The summed E-state index contributed by atoms with van der Waals surface area (Å²) in [5.74, 6) is 2.68. The summed E-state index contributed by atoms with van der Waals surface area (Å²) in [6.45, 7) is 1.64. The van der Waals surface area contributed by atoms with Gasteiger partial charge in [0.1, 0.15) is 17.5 Å². The third-order valence-corrected chi connectivity index (χ3v) is 3.62. The molecule has 4 N–H and O–H groups in total. The number of aliphatic hydroxyl groups is 2. The van der Waals surface area contributed by atoms with Crippen LogP contribution in [0.2, 0.25) is 0 Å². The summed E-state index contributed by atoms with van der Waals surface area (Å²) in [5.41, 5.74) is -0.736. The maximum atomic E-state index is 9.47. The number of nitrogens with one attached hydrogen (secondary N) is 2.